The van der Waals surface area contributed by atoms with E-state index in [1.165, 1.54) is 31.3 Å². The van der Waals surface area contributed by atoms with E-state index in [4.69, 9.17) is 22.3 Å². The summed E-state index contributed by atoms with van der Waals surface area (Å²) in [6.45, 7) is 1.51. The van der Waals surface area contributed by atoms with Crippen molar-refractivity contribution in [2.45, 2.75) is 23.5 Å². The van der Waals surface area contributed by atoms with Crippen molar-refractivity contribution in [3.8, 4) is 6.07 Å². The predicted octanol–water partition coefficient (Wildman–Crippen LogP) is 2.62. The summed E-state index contributed by atoms with van der Waals surface area (Å²) in [6.07, 6.45) is 1.32. The summed E-state index contributed by atoms with van der Waals surface area (Å²) in [5, 5.41) is 16.1. The molecule has 0 unspecified atom stereocenters. The summed E-state index contributed by atoms with van der Waals surface area (Å²) in [5.41, 5.74) is 0.254. The van der Waals surface area contributed by atoms with E-state index in [1.54, 1.807) is 18.2 Å². The molecule has 0 amide bonds. The Kier molecular flexibility index (Phi) is 5.08. The highest BCUT2D eigenvalue weighted by Gasteiger charge is 2.27. The van der Waals surface area contributed by atoms with Crippen molar-refractivity contribution in [1.29, 1.82) is 10.7 Å². The number of nitriles is 1. The molecule has 2 aromatic rings. The van der Waals surface area contributed by atoms with E-state index >= 15 is 0 Å². The summed E-state index contributed by atoms with van der Waals surface area (Å²) in [6, 6.07) is 9.45. The maximum absolute atomic E-state index is 12.6. The largest absolute Gasteiger partial charge is 0.303 e. The van der Waals surface area contributed by atoms with Crippen LogP contribution in [0.2, 0.25) is 5.02 Å². The molecule has 0 fully saturated rings. The third-order valence-electron chi connectivity index (χ3n) is 3.23. The zero-order chi connectivity index (χ0) is 17.0. The van der Waals surface area contributed by atoms with Crippen LogP contribution in [0.5, 0.6) is 0 Å². The first kappa shape index (κ1) is 17.1. The zero-order valence-corrected chi connectivity index (χ0v) is 13.8. The normalized spacial score (nSPS) is 12.4. The molecule has 118 valence electrons. The smallest absolute Gasteiger partial charge is 0.232 e. The fourth-order valence-electron chi connectivity index (χ4n) is 1.97. The van der Waals surface area contributed by atoms with Crippen LogP contribution in [0.3, 0.4) is 0 Å². The van der Waals surface area contributed by atoms with Crippen LogP contribution in [0.25, 0.3) is 0 Å². The van der Waals surface area contributed by atoms with E-state index in [0.29, 0.717) is 0 Å². The van der Waals surface area contributed by atoms with Crippen molar-refractivity contribution < 1.29 is 8.42 Å². The summed E-state index contributed by atoms with van der Waals surface area (Å²) >= 11 is 5.96. The number of nitrogens with zero attached hydrogens (tertiary/aromatic N) is 3. The zero-order valence-electron chi connectivity index (χ0n) is 12.2. The van der Waals surface area contributed by atoms with E-state index < -0.39 is 15.1 Å². The molecular weight excluding hydrogens is 336 g/mol. The fraction of sp³-hybridized carbons (Fsp3) is 0.200. The minimum atomic E-state index is -3.67. The van der Waals surface area contributed by atoms with Gasteiger partial charge in [-0.3, -0.25) is 0 Å². The van der Waals surface area contributed by atoms with Gasteiger partial charge in [-0.2, -0.15) is 5.26 Å². The minimum absolute atomic E-state index is 0.0204. The first-order valence-electron chi connectivity index (χ1n) is 6.65. The number of sulfone groups is 1. The first-order chi connectivity index (χ1) is 10.9. The van der Waals surface area contributed by atoms with Crippen LogP contribution in [0.4, 0.5) is 0 Å². The van der Waals surface area contributed by atoms with Gasteiger partial charge < -0.3 is 5.41 Å². The molecule has 0 aliphatic rings. The molecule has 0 spiro atoms. The van der Waals surface area contributed by atoms with Gasteiger partial charge in [0.15, 0.2) is 9.84 Å². The minimum Gasteiger partial charge on any atom is -0.303 e. The van der Waals surface area contributed by atoms with Gasteiger partial charge in [0.1, 0.15) is 6.07 Å². The lowest BCUT2D eigenvalue weighted by Gasteiger charge is -2.14. The predicted molar refractivity (Wildman–Crippen MR) is 86.3 cm³/mol. The first-order valence-corrected chi connectivity index (χ1v) is 8.58. The monoisotopic (exact) mass is 348 g/mol. The molecule has 1 atom stereocenters. The van der Waals surface area contributed by atoms with Crippen LogP contribution in [0.15, 0.2) is 41.4 Å². The highest BCUT2D eigenvalue weighted by Crippen LogP contribution is 2.26. The van der Waals surface area contributed by atoms with Crippen molar-refractivity contribution in [1.82, 2.24) is 9.97 Å². The second kappa shape index (κ2) is 6.86. The average molecular weight is 349 g/mol. The molecule has 0 saturated carbocycles. The number of rotatable bonds is 5. The van der Waals surface area contributed by atoms with Crippen molar-refractivity contribution >= 4 is 27.1 Å². The van der Waals surface area contributed by atoms with Crippen molar-refractivity contribution in [3.63, 3.8) is 0 Å². The van der Waals surface area contributed by atoms with Gasteiger partial charge in [0.05, 0.1) is 26.6 Å². The van der Waals surface area contributed by atoms with Crippen LogP contribution in [0, 0.1) is 16.7 Å². The molecule has 0 bridgehead atoms. The topological polar surface area (TPSA) is 108 Å². The second-order valence-electron chi connectivity index (χ2n) is 4.85. The fourth-order valence-corrected chi connectivity index (χ4v) is 3.86. The molecule has 8 heteroatoms. The highest BCUT2D eigenvalue weighted by atomic mass is 35.5. The summed E-state index contributed by atoms with van der Waals surface area (Å²) < 4.78 is 25.2. The lowest BCUT2D eigenvalue weighted by atomic mass is 10.1. The van der Waals surface area contributed by atoms with Crippen molar-refractivity contribution in [2.75, 3.05) is 0 Å². The maximum Gasteiger partial charge on any atom is 0.232 e. The van der Waals surface area contributed by atoms with Gasteiger partial charge >= 0.3 is 0 Å². The molecular formula is C15H13ClN4O2S. The number of benzene rings is 1. The second-order valence-corrected chi connectivity index (χ2v) is 7.59. The summed E-state index contributed by atoms with van der Waals surface area (Å²) in [7, 11) is -3.67. The molecule has 2 rings (SSSR count). The van der Waals surface area contributed by atoms with Crippen molar-refractivity contribution in [3.05, 3.63) is 53.1 Å². The van der Waals surface area contributed by atoms with Crippen LogP contribution in [-0.2, 0) is 9.84 Å². The van der Waals surface area contributed by atoms with Gasteiger partial charge in [-0.05, 0) is 25.1 Å². The van der Waals surface area contributed by atoms with Crippen LogP contribution in [-0.4, -0.2) is 29.3 Å². The number of aromatic nitrogens is 2. The lowest BCUT2D eigenvalue weighted by molar-refractivity contribution is 0.584. The molecule has 0 radical (unpaired) electrons. The molecule has 1 N–H and O–H groups in total. The Balaban J connectivity index is 2.24. The van der Waals surface area contributed by atoms with Crippen molar-refractivity contribution in [2.24, 2.45) is 0 Å². The number of hydrogen-bond acceptors (Lipinski definition) is 6. The standard InChI is InChI=1S/C15H13ClN4O2S/c1-10(23(21,22)14-5-3-2-4-11(14)16)8-12(18)13-6-7-19-15(9-17)20-13/h2-7,10,18H,8H2,1H3/t10-/m0/s1. The number of nitrogens with one attached hydrogen (secondary N) is 1. The lowest BCUT2D eigenvalue weighted by Crippen LogP contribution is -2.22. The Bertz CT molecular complexity index is 890. The molecule has 1 aromatic heterocycles. The molecule has 0 saturated heterocycles. The highest BCUT2D eigenvalue weighted by molar-refractivity contribution is 7.92. The molecule has 23 heavy (non-hydrogen) atoms. The van der Waals surface area contributed by atoms with E-state index in [2.05, 4.69) is 9.97 Å². The number of halogens is 1. The van der Waals surface area contributed by atoms with E-state index in [-0.39, 0.29) is 33.6 Å². The molecule has 1 aromatic carbocycles. The molecule has 1 heterocycles. The summed E-state index contributed by atoms with van der Waals surface area (Å²) in [4.78, 5) is 7.67. The van der Waals surface area contributed by atoms with Gasteiger partial charge in [-0.15, -0.1) is 0 Å². The average Bonchev–Trinajstić information content (AvgIpc) is 2.55. The SMILES string of the molecule is C[C@@H](CC(=N)c1ccnc(C#N)n1)S(=O)(=O)c1ccccc1Cl. The Morgan fingerprint density at radius 2 is 2.09 bits per heavy atom. The molecule has 6 nitrogen and oxygen atoms in total. The maximum atomic E-state index is 12.6. The Morgan fingerprint density at radius 3 is 2.74 bits per heavy atom. The van der Waals surface area contributed by atoms with Gasteiger partial charge in [0.25, 0.3) is 0 Å². The van der Waals surface area contributed by atoms with Gasteiger partial charge in [0, 0.05) is 12.6 Å². The quantitative estimate of drug-likeness (QED) is 0.835. The van der Waals surface area contributed by atoms with Crippen LogP contribution >= 0.6 is 11.6 Å². The Hall–Kier alpha value is -2.30. The van der Waals surface area contributed by atoms with Gasteiger partial charge in [-0.1, -0.05) is 23.7 Å². The molecule has 0 aliphatic carbocycles. The van der Waals surface area contributed by atoms with E-state index in [1.807, 2.05) is 0 Å². The molecule has 0 aliphatic heterocycles. The number of hydrogen-bond donors (Lipinski definition) is 1. The Morgan fingerprint density at radius 1 is 1.39 bits per heavy atom. The van der Waals surface area contributed by atoms with E-state index in [0.717, 1.165) is 0 Å². The van der Waals surface area contributed by atoms with Crippen LogP contribution < -0.4 is 0 Å². The third-order valence-corrected chi connectivity index (χ3v) is 5.87. The Labute approximate surface area is 139 Å². The van der Waals surface area contributed by atoms with Crippen LogP contribution in [0.1, 0.15) is 24.9 Å². The summed E-state index contributed by atoms with van der Waals surface area (Å²) in [5.74, 6) is -0.0612. The third kappa shape index (κ3) is 3.73. The van der Waals surface area contributed by atoms with E-state index in [9.17, 15) is 8.42 Å². The van der Waals surface area contributed by atoms with Gasteiger partial charge in [-0.25, -0.2) is 18.4 Å². The van der Waals surface area contributed by atoms with Gasteiger partial charge in [0.2, 0.25) is 5.82 Å².